The Morgan fingerprint density at radius 1 is 1.44 bits per heavy atom. The van der Waals surface area contributed by atoms with Gasteiger partial charge in [-0.15, -0.1) is 0 Å². The number of fused-ring (bicyclic) bond motifs is 1. The molecule has 0 aliphatic carbocycles. The third kappa shape index (κ3) is 2.21. The molecule has 1 heterocycles. The molecule has 84 valence electrons. The first-order valence-electron chi connectivity index (χ1n) is 5.17. The van der Waals surface area contributed by atoms with Crippen LogP contribution in [0.25, 0.3) is 0 Å². The minimum Gasteiger partial charge on any atom is -0.491 e. The standard InChI is InChI=1S/C12H13NO3/c1-8(14)6-12(15)13-10-7-16-11-5-3-2-4-9(10)11/h2-5,10H,6-7H2,1H3,(H,13,15). The molecular formula is C12H13NO3. The average Bonchev–Trinajstić information content (AvgIpc) is 2.61. The lowest BCUT2D eigenvalue weighted by Gasteiger charge is -2.10. The summed E-state index contributed by atoms with van der Waals surface area (Å²) in [7, 11) is 0. The molecule has 2 rings (SSSR count). The first kappa shape index (κ1) is 10.7. The number of carbonyl (C=O) groups is 2. The SMILES string of the molecule is CC(=O)CC(=O)NC1COc2ccccc21. The number of Topliss-reactive ketones (excluding diaryl/α,β-unsaturated/α-hetero) is 1. The molecule has 1 N–H and O–H groups in total. The van der Waals surface area contributed by atoms with E-state index in [1.807, 2.05) is 24.3 Å². The van der Waals surface area contributed by atoms with Crippen LogP contribution < -0.4 is 10.1 Å². The minimum absolute atomic E-state index is 0.0708. The van der Waals surface area contributed by atoms with Crippen LogP contribution in [0, 0.1) is 0 Å². The minimum atomic E-state index is -0.252. The molecule has 0 saturated carbocycles. The number of para-hydroxylation sites is 1. The Balaban J connectivity index is 2.03. The fourth-order valence-corrected chi connectivity index (χ4v) is 1.75. The number of carbonyl (C=O) groups excluding carboxylic acids is 2. The van der Waals surface area contributed by atoms with Crippen molar-refractivity contribution in [3.8, 4) is 5.75 Å². The molecule has 0 saturated heterocycles. The van der Waals surface area contributed by atoms with Crippen molar-refractivity contribution in [2.75, 3.05) is 6.61 Å². The van der Waals surface area contributed by atoms with Gasteiger partial charge in [0.2, 0.25) is 5.91 Å². The fraction of sp³-hybridized carbons (Fsp3) is 0.333. The highest BCUT2D eigenvalue weighted by atomic mass is 16.5. The molecular weight excluding hydrogens is 206 g/mol. The van der Waals surface area contributed by atoms with Crippen LogP contribution in [0.2, 0.25) is 0 Å². The molecule has 0 aromatic heterocycles. The topological polar surface area (TPSA) is 55.4 Å². The first-order valence-corrected chi connectivity index (χ1v) is 5.17. The number of hydrogen-bond acceptors (Lipinski definition) is 3. The second-order valence-electron chi connectivity index (χ2n) is 3.85. The van der Waals surface area contributed by atoms with Crippen LogP contribution in [0.4, 0.5) is 0 Å². The predicted octanol–water partition coefficient (Wildman–Crippen LogP) is 1.22. The van der Waals surface area contributed by atoms with Crippen molar-refractivity contribution in [3.05, 3.63) is 29.8 Å². The number of benzene rings is 1. The van der Waals surface area contributed by atoms with E-state index in [0.717, 1.165) is 11.3 Å². The van der Waals surface area contributed by atoms with Crippen molar-refractivity contribution in [3.63, 3.8) is 0 Å². The van der Waals surface area contributed by atoms with E-state index < -0.39 is 0 Å². The van der Waals surface area contributed by atoms with Crippen LogP contribution in [-0.2, 0) is 9.59 Å². The van der Waals surface area contributed by atoms with Gasteiger partial charge >= 0.3 is 0 Å². The summed E-state index contributed by atoms with van der Waals surface area (Å²) in [5, 5.41) is 2.78. The van der Waals surface area contributed by atoms with Gasteiger partial charge in [-0.05, 0) is 13.0 Å². The van der Waals surface area contributed by atoms with Gasteiger partial charge in [-0.3, -0.25) is 9.59 Å². The molecule has 1 aromatic carbocycles. The molecule has 1 aliphatic heterocycles. The van der Waals surface area contributed by atoms with Gasteiger partial charge in [-0.2, -0.15) is 0 Å². The Bertz CT molecular complexity index is 428. The zero-order valence-corrected chi connectivity index (χ0v) is 9.03. The Morgan fingerprint density at radius 3 is 2.94 bits per heavy atom. The zero-order chi connectivity index (χ0) is 11.5. The summed E-state index contributed by atoms with van der Waals surface area (Å²) in [6.45, 7) is 1.83. The molecule has 4 nitrogen and oxygen atoms in total. The van der Waals surface area contributed by atoms with Crippen molar-refractivity contribution in [2.45, 2.75) is 19.4 Å². The lowest BCUT2D eigenvalue weighted by Crippen LogP contribution is -2.30. The summed E-state index contributed by atoms with van der Waals surface area (Å²) >= 11 is 0. The number of nitrogens with one attached hydrogen (secondary N) is 1. The monoisotopic (exact) mass is 219 g/mol. The molecule has 1 atom stereocenters. The van der Waals surface area contributed by atoms with Crippen molar-refractivity contribution in [1.29, 1.82) is 0 Å². The number of hydrogen-bond donors (Lipinski definition) is 1. The molecule has 1 amide bonds. The van der Waals surface area contributed by atoms with Gasteiger partial charge in [-0.25, -0.2) is 0 Å². The molecule has 0 radical (unpaired) electrons. The molecule has 4 heteroatoms. The smallest absolute Gasteiger partial charge is 0.228 e. The second kappa shape index (κ2) is 4.35. The van der Waals surface area contributed by atoms with E-state index >= 15 is 0 Å². The third-order valence-electron chi connectivity index (χ3n) is 2.44. The number of rotatable bonds is 3. The molecule has 1 aromatic rings. The van der Waals surface area contributed by atoms with Crippen molar-refractivity contribution < 1.29 is 14.3 Å². The van der Waals surface area contributed by atoms with Gasteiger partial charge in [-0.1, -0.05) is 18.2 Å². The third-order valence-corrected chi connectivity index (χ3v) is 2.44. The van der Waals surface area contributed by atoms with E-state index in [9.17, 15) is 9.59 Å². The summed E-state index contributed by atoms with van der Waals surface area (Å²) in [4.78, 5) is 22.2. The van der Waals surface area contributed by atoms with Crippen LogP contribution >= 0.6 is 0 Å². The van der Waals surface area contributed by atoms with Crippen molar-refractivity contribution >= 4 is 11.7 Å². The lowest BCUT2D eigenvalue weighted by atomic mass is 10.1. The van der Waals surface area contributed by atoms with Gasteiger partial charge in [0.15, 0.2) is 0 Å². The van der Waals surface area contributed by atoms with E-state index in [2.05, 4.69) is 5.32 Å². The molecule has 0 fully saturated rings. The Hall–Kier alpha value is -1.84. The quantitative estimate of drug-likeness (QED) is 0.777. The normalized spacial score (nSPS) is 17.4. The second-order valence-corrected chi connectivity index (χ2v) is 3.85. The van der Waals surface area contributed by atoms with Gasteiger partial charge in [0, 0.05) is 5.56 Å². The molecule has 1 aliphatic rings. The molecule has 16 heavy (non-hydrogen) atoms. The van der Waals surface area contributed by atoms with Gasteiger partial charge < -0.3 is 10.1 Å². The van der Waals surface area contributed by atoms with E-state index in [1.54, 1.807) is 0 Å². The largest absolute Gasteiger partial charge is 0.491 e. The van der Waals surface area contributed by atoms with Crippen molar-refractivity contribution in [1.82, 2.24) is 5.32 Å². The maximum absolute atomic E-state index is 11.4. The van der Waals surface area contributed by atoms with Crippen molar-refractivity contribution in [2.24, 2.45) is 0 Å². The van der Waals surface area contributed by atoms with E-state index in [-0.39, 0.29) is 24.2 Å². The summed E-state index contributed by atoms with van der Waals surface area (Å²) in [6.07, 6.45) is -0.0708. The van der Waals surface area contributed by atoms with Gasteiger partial charge in [0.05, 0.1) is 12.5 Å². The summed E-state index contributed by atoms with van der Waals surface area (Å²) in [5.41, 5.74) is 0.972. The Kier molecular flexibility index (Phi) is 2.90. The highest BCUT2D eigenvalue weighted by Gasteiger charge is 2.25. The van der Waals surface area contributed by atoms with E-state index in [0.29, 0.717) is 6.61 Å². The van der Waals surface area contributed by atoms with Crippen LogP contribution in [0.15, 0.2) is 24.3 Å². The van der Waals surface area contributed by atoms with Gasteiger partial charge in [0.1, 0.15) is 18.1 Å². The Labute approximate surface area is 93.6 Å². The van der Waals surface area contributed by atoms with Crippen LogP contribution in [0.5, 0.6) is 5.75 Å². The summed E-state index contributed by atoms with van der Waals surface area (Å²) in [6, 6.07) is 7.44. The zero-order valence-electron chi connectivity index (χ0n) is 9.03. The van der Waals surface area contributed by atoms with Gasteiger partial charge in [0.25, 0.3) is 0 Å². The predicted molar refractivity (Wildman–Crippen MR) is 58.1 cm³/mol. The number of ether oxygens (including phenoxy) is 1. The maximum atomic E-state index is 11.4. The highest BCUT2D eigenvalue weighted by Crippen LogP contribution is 2.31. The van der Waals surface area contributed by atoms with E-state index in [1.165, 1.54) is 6.92 Å². The first-order chi connectivity index (χ1) is 7.66. The maximum Gasteiger partial charge on any atom is 0.228 e. The average molecular weight is 219 g/mol. The van der Waals surface area contributed by atoms with E-state index in [4.69, 9.17) is 4.74 Å². The lowest BCUT2D eigenvalue weighted by molar-refractivity contribution is -0.127. The van der Waals surface area contributed by atoms with Crippen LogP contribution in [-0.4, -0.2) is 18.3 Å². The summed E-state index contributed by atoms with van der Waals surface area (Å²) < 4.78 is 5.42. The molecule has 1 unspecified atom stereocenters. The number of ketones is 1. The number of amides is 1. The fourth-order valence-electron chi connectivity index (χ4n) is 1.75. The summed E-state index contributed by atoms with van der Waals surface area (Å²) in [5.74, 6) is 0.415. The molecule has 0 bridgehead atoms. The highest BCUT2D eigenvalue weighted by molar-refractivity contribution is 5.96. The van der Waals surface area contributed by atoms with Crippen LogP contribution in [0.3, 0.4) is 0 Å². The molecule has 0 spiro atoms. The Morgan fingerprint density at radius 2 is 2.19 bits per heavy atom. The van der Waals surface area contributed by atoms with Crippen LogP contribution in [0.1, 0.15) is 24.9 Å².